The maximum absolute atomic E-state index is 6.21. The van der Waals surface area contributed by atoms with Crippen LogP contribution in [0.25, 0.3) is 32.4 Å². The average Bonchev–Trinajstić information content (AvgIpc) is 2.88. The monoisotopic (exact) mass is 355 g/mol. The van der Waals surface area contributed by atoms with Gasteiger partial charge in [-0.25, -0.2) is 0 Å². The molecule has 0 amide bonds. The van der Waals surface area contributed by atoms with Gasteiger partial charge in [-0.1, -0.05) is 54.6 Å². The molecule has 134 valence electrons. The number of benzene rings is 3. The van der Waals surface area contributed by atoms with Gasteiger partial charge in [0.05, 0.1) is 22.3 Å². The van der Waals surface area contributed by atoms with E-state index in [1.165, 1.54) is 21.5 Å². The van der Waals surface area contributed by atoms with Crippen molar-refractivity contribution in [3.63, 3.8) is 0 Å². The zero-order chi connectivity index (χ0) is 18.8. The first-order valence-corrected chi connectivity index (χ1v) is 9.42. The van der Waals surface area contributed by atoms with E-state index in [4.69, 9.17) is 14.3 Å². The van der Waals surface area contributed by atoms with Gasteiger partial charge in [0.2, 0.25) is 0 Å². The van der Waals surface area contributed by atoms with Crippen molar-refractivity contribution in [2.75, 3.05) is 0 Å². The Morgan fingerprint density at radius 3 is 2.04 bits per heavy atom. The highest BCUT2D eigenvalue weighted by molar-refractivity contribution is 6.61. The lowest BCUT2D eigenvalue weighted by atomic mass is 9.83. The second-order valence-corrected chi connectivity index (χ2v) is 8.35. The Kier molecular flexibility index (Phi) is 3.43. The van der Waals surface area contributed by atoms with Crippen LogP contribution in [0.15, 0.2) is 60.7 Å². The van der Waals surface area contributed by atoms with E-state index < -0.39 is 7.12 Å². The molecular formula is C23H22BNO2. The molecule has 0 radical (unpaired) electrons. The molecule has 1 aromatic heterocycles. The molecule has 0 N–H and O–H groups in total. The van der Waals surface area contributed by atoms with E-state index in [-0.39, 0.29) is 11.2 Å². The quantitative estimate of drug-likeness (QED) is 0.362. The van der Waals surface area contributed by atoms with E-state index in [0.29, 0.717) is 0 Å². The maximum atomic E-state index is 6.21. The molecule has 1 aliphatic heterocycles. The van der Waals surface area contributed by atoms with Crippen molar-refractivity contribution >= 4 is 45.2 Å². The van der Waals surface area contributed by atoms with Gasteiger partial charge in [-0.05, 0) is 49.9 Å². The van der Waals surface area contributed by atoms with Crippen LogP contribution in [0.4, 0.5) is 0 Å². The van der Waals surface area contributed by atoms with Crippen LogP contribution in [0.1, 0.15) is 27.7 Å². The first kappa shape index (κ1) is 16.7. The number of nitrogens with zero attached hydrogens (tertiary/aromatic N) is 1. The summed E-state index contributed by atoms with van der Waals surface area (Å²) in [6.07, 6.45) is 0. The molecular weight excluding hydrogens is 333 g/mol. The fraction of sp³-hybridized carbons (Fsp3) is 0.261. The summed E-state index contributed by atoms with van der Waals surface area (Å²) in [6.45, 7) is 8.27. The van der Waals surface area contributed by atoms with Crippen molar-refractivity contribution < 1.29 is 9.31 Å². The largest absolute Gasteiger partial charge is 0.514 e. The van der Waals surface area contributed by atoms with E-state index in [1.807, 2.05) is 6.07 Å². The van der Waals surface area contributed by atoms with Crippen LogP contribution in [0.3, 0.4) is 0 Å². The van der Waals surface area contributed by atoms with Crippen molar-refractivity contribution in [3.05, 3.63) is 60.7 Å². The molecule has 0 spiro atoms. The minimum Gasteiger partial charge on any atom is -0.398 e. The normalized spacial score (nSPS) is 18.6. The molecule has 27 heavy (non-hydrogen) atoms. The summed E-state index contributed by atoms with van der Waals surface area (Å²) in [5.41, 5.74) is 1.07. The van der Waals surface area contributed by atoms with Gasteiger partial charge in [-0.15, -0.1) is 0 Å². The van der Waals surface area contributed by atoms with Crippen molar-refractivity contribution in [2.24, 2.45) is 0 Å². The van der Waals surface area contributed by atoms with Crippen LogP contribution in [-0.2, 0) is 9.31 Å². The van der Waals surface area contributed by atoms with Gasteiger partial charge in [0.1, 0.15) is 0 Å². The predicted octanol–water partition coefficient (Wildman–Crippen LogP) is 4.84. The number of rotatable bonds is 1. The molecule has 0 bridgehead atoms. The first-order valence-electron chi connectivity index (χ1n) is 9.42. The highest BCUT2D eigenvalue weighted by Gasteiger charge is 2.52. The topological polar surface area (TPSA) is 31.4 Å². The van der Waals surface area contributed by atoms with Crippen LogP contribution < -0.4 is 5.59 Å². The van der Waals surface area contributed by atoms with E-state index in [0.717, 1.165) is 16.5 Å². The van der Waals surface area contributed by atoms with Gasteiger partial charge >= 0.3 is 7.12 Å². The van der Waals surface area contributed by atoms with Gasteiger partial charge in [0.15, 0.2) is 0 Å². The van der Waals surface area contributed by atoms with Crippen LogP contribution in [0.2, 0.25) is 0 Å². The number of pyridine rings is 1. The maximum Gasteiger partial charge on any atom is 0.514 e. The molecule has 1 saturated heterocycles. The zero-order valence-corrected chi connectivity index (χ0v) is 16.1. The standard InChI is InChI=1S/C23H22BNO2/c1-22(2)23(3,4)27-24(26-22)19-14-13-17-12-11-16-10-9-15-7-5-6-8-18(15)20(16)21(17)25-19/h5-14H,1-4H3. The first-order chi connectivity index (χ1) is 12.9. The highest BCUT2D eigenvalue weighted by Crippen LogP contribution is 2.37. The second-order valence-electron chi connectivity index (χ2n) is 8.35. The van der Waals surface area contributed by atoms with E-state index in [9.17, 15) is 0 Å². The lowest BCUT2D eigenvalue weighted by Gasteiger charge is -2.32. The third kappa shape index (κ3) is 2.48. The Bertz CT molecular complexity index is 1180. The van der Waals surface area contributed by atoms with Gasteiger partial charge in [-0.2, -0.15) is 0 Å². The zero-order valence-electron chi connectivity index (χ0n) is 16.1. The van der Waals surface area contributed by atoms with Gasteiger partial charge in [0, 0.05) is 10.8 Å². The summed E-state index contributed by atoms with van der Waals surface area (Å²) >= 11 is 0. The lowest BCUT2D eigenvalue weighted by Crippen LogP contribution is -2.41. The summed E-state index contributed by atoms with van der Waals surface area (Å²) in [4.78, 5) is 5.02. The van der Waals surface area contributed by atoms with Gasteiger partial charge in [-0.3, -0.25) is 4.98 Å². The molecule has 3 nitrogen and oxygen atoms in total. The fourth-order valence-corrected chi connectivity index (χ4v) is 3.79. The number of aromatic nitrogens is 1. The minimum atomic E-state index is -0.454. The van der Waals surface area contributed by atoms with Gasteiger partial charge < -0.3 is 9.31 Å². The molecule has 2 heterocycles. The lowest BCUT2D eigenvalue weighted by molar-refractivity contribution is 0.00578. The van der Waals surface area contributed by atoms with Crippen LogP contribution in [-0.4, -0.2) is 23.3 Å². The molecule has 5 rings (SSSR count). The SMILES string of the molecule is CC1(C)OB(c2ccc3ccc4ccc5ccccc5c4c3n2)OC1(C)C. The van der Waals surface area contributed by atoms with E-state index in [1.54, 1.807) is 0 Å². The summed E-state index contributed by atoms with van der Waals surface area (Å²) in [7, 11) is -0.454. The van der Waals surface area contributed by atoms with Crippen LogP contribution in [0, 0.1) is 0 Å². The molecule has 0 atom stereocenters. The van der Waals surface area contributed by atoms with Crippen LogP contribution in [0.5, 0.6) is 0 Å². The number of hydrogen-bond donors (Lipinski definition) is 0. The third-order valence-electron chi connectivity index (χ3n) is 6.08. The highest BCUT2D eigenvalue weighted by atomic mass is 16.7. The summed E-state index contributed by atoms with van der Waals surface area (Å²) in [6, 6.07) is 21.2. The Hall–Kier alpha value is -2.43. The number of fused-ring (bicyclic) bond motifs is 5. The molecule has 0 aliphatic carbocycles. The Balaban J connectivity index is 1.76. The molecule has 1 fully saturated rings. The van der Waals surface area contributed by atoms with Gasteiger partial charge in [0.25, 0.3) is 0 Å². The third-order valence-corrected chi connectivity index (χ3v) is 6.08. The molecule has 0 saturated carbocycles. The fourth-order valence-electron chi connectivity index (χ4n) is 3.79. The molecule has 3 aromatic carbocycles. The van der Waals surface area contributed by atoms with Crippen molar-refractivity contribution in [1.29, 1.82) is 0 Å². The minimum absolute atomic E-state index is 0.375. The molecule has 0 unspecified atom stereocenters. The molecule has 4 aromatic rings. The Labute approximate surface area is 159 Å². The molecule has 4 heteroatoms. The van der Waals surface area contributed by atoms with Crippen molar-refractivity contribution in [3.8, 4) is 0 Å². The summed E-state index contributed by atoms with van der Waals surface area (Å²) in [5.74, 6) is 0. The average molecular weight is 355 g/mol. The number of hydrogen-bond acceptors (Lipinski definition) is 3. The van der Waals surface area contributed by atoms with Crippen LogP contribution >= 0.6 is 0 Å². The Morgan fingerprint density at radius 2 is 1.30 bits per heavy atom. The predicted molar refractivity (Wildman–Crippen MR) is 112 cm³/mol. The second kappa shape index (κ2) is 5.54. The molecule has 1 aliphatic rings. The van der Waals surface area contributed by atoms with Crippen molar-refractivity contribution in [1.82, 2.24) is 4.98 Å². The van der Waals surface area contributed by atoms with Crippen molar-refractivity contribution in [2.45, 2.75) is 38.9 Å². The summed E-state index contributed by atoms with van der Waals surface area (Å²) < 4.78 is 12.4. The smallest absolute Gasteiger partial charge is 0.398 e. The summed E-state index contributed by atoms with van der Waals surface area (Å²) in [5, 5.41) is 5.95. The Morgan fingerprint density at radius 1 is 0.704 bits per heavy atom. The van der Waals surface area contributed by atoms with E-state index in [2.05, 4.69) is 82.3 Å². The van der Waals surface area contributed by atoms with E-state index >= 15 is 0 Å².